The Kier molecular flexibility index (Phi) is 7.93. The van der Waals surface area contributed by atoms with E-state index in [0.717, 1.165) is 22.2 Å². The van der Waals surface area contributed by atoms with Gasteiger partial charge in [-0.2, -0.15) is 0 Å². The van der Waals surface area contributed by atoms with Gasteiger partial charge in [-0.3, -0.25) is 13.9 Å². The van der Waals surface area contributed by atoms with Gasteiger partial charge in [0.05, 0.1) is 11.9 Å². The molecule has 0 radical (unpaired) electrons. The van der Waals surface area contributed by atoms with Crippen molar-refractivity contribution < 1.29 is 22.4 Å². The maximum atomic E-state index is 13.6. The van der Waals surface area contributed by atoms with E-state index in [1.165, 1.54) is 23.1 Å². The van der Waals surface area contributed by atoms with Crippen LogP contribution in [0.25, 0.3) is 0 Å². The number of hydrogen-bond donors (Lipinski definition) is 1. The van der Waals surface area contributed by atoms with Crippen molar-refractivity contribution in [1.82, 2.24) is 10.2 Å². The predicted molar refractivity (Wildman–Crippen MR) is 114 cm³/mol. The molecule has 0 saturated carbocycles. The second-order valence-electron chi connectivity index (χ2n) is 6.83. The molecule has 0 unspecified atom stereocenters. The molecule has 0 aliphatic carbocycles. The highest BCUT2D eigenvalue weighted by molar-refractivity contribution is 7.92. The molecular formula is C21H26FN3O4S. The predicted octanol–water partition coefficient (Wildman–Crippen LogP) is 2.15. The molecule has 0 heterocycles. The number of rotatable bonds is 9. The van der Waals surface area contributed by atoms with E-state index in [1.807, 2.05) is 30.3 Å². The molecule has 0 aromatic heterocycles. The van der Waals surface area contributed by atoms with Gasteiger partial charge < -0.3 is 10.2 Å². The summed E-state index contributed by atoms with van der Waals surface area (Å²) in [5.41, 5.74) is 0.829. The van der Waals surface area contributed by atoms with Crippen molar-refractivity contribution in [3.05, 3.63) is 66.0 Å². The average Bonchev–Trinajstić information content (AvgIpc) is 2.69. The first kappa shape index (κ1) is 23.3. The summed E-state index contributed by atoms with van der Waals surface area (Å²) >= 11 is 0. The number of carbonyl (C=O) groups excluding carboxylic acids is 2. The Balaban J connectivity index is 2.35. The molecule has 0 saturated heterocycles. The van der Waals surface area contributed by atoms with Crippen LogP contribution in [0.1, 0.15) is 19.4 Å². The van der Waals surface area contributed by atoms with E-state index in [4.69, 9.17) is 0 Å². The highest BCUT2D eigenvalue weighted by Crippen LogP contribution is 2.20. The minimum absolute atomic E-state index is 0.0381. The standard InChI is InChI=1S/C21H26FN3O4S/c1-4-23-21(27)16(2)24(14-17-9-6-5-7-10-17)20(26)15-25(30(3,28)29)19-12-8-11-18(22)13-19/h5-13,16H,4,14-15H2,1-3H3,(H,23,27)/t16-/m0/s1. The van der Waals surface area contributed by atoms with E-state index >= 15 is 0 Å². The van der Waals surface area contributed by atoms with Gasteiger partial charge in [0.2, 0.25) is 21.8 Å². The van der Waals surface area contributed by atoms with Crippen LogP contribution in [-0.4, -0.2) is 50.5 Å². The molecule has 30 heavy (non-hydrogen) atoms. The van der Waals surface area contributed by atoms with Crippen molar-refractivity contribution in [3.63, 3.8) is 0 Å². The van der Waals surface area contributed by atoms with Crippen molar-refractivity contribution in [3.8, 4) is 0 Å². The van der Waals surface area contributed by atoms with Gasteiger partial charge in [0.1, 0.15) is 18.4 Å². The summed E-state index contributed by atoms with van der Waals surface area (Å²) in [5, 5.41) is 2.67. The molecule has 2 amide bonds. The van der Waals surface area contributed by atoms with Gasteiger partial charge in [-0.25, -0.2) is 12.8 Å². The smallest absolute Gasteiger partial charge is 0.244 e. The lowest BCUT2D eigenvalue weighted by Gasteiger charge is -2.31. The van der Waals surface area contributed by atoms with Gasteiger partial charge in [-0.1, -0.05) is 36.4 Å². The Morgan fingerprint density at radius 2 is 1.77 bits per heavy atom. The molecule has 0 aliphatic heterocycles. The largest absolute Gasteiger partial charge is 0.355 e. The number of sulfonamides is 1. The van der Waals surface area contributed by atoms with Crippen LogP contribution in [0.5, 0.6) is 0 Å². The van der Waals surface area contributed by atoms with Crippen molar-refractivity contribution in [2.45, 2.75) is 26.4 Å². The van der Waals surface area contributed by atoms with Gasteiger partial charge in [-0.05, 0) is 37.6 Å². The van der Waals surface area contributed by atoms with Crippen LogP contribution >= 0.6 is 0 Å². The fourth-order valence-corrected chi connectivity index (χ4v) is 3.77. The number of nitrogens with zero attached hydrogens (tertiary/aromatic N) is 2. The lowest BCUT2D eigenvalue weighted by Crippen LogP contribution is -2.51. The molecule has 2 rings (SSSR count). The minimum atomic E-state index is -3.87. The van der Waals surface area contributed by atoms with Crippen LogP contribution in [0.3, 0.4) is 0 Å². The number of benzene rings is 2. The highest BCUT2D eigenvalue weighted by Gasteiger charge is 2.29. The van der Waals surface area contributed by atoms with Crippen molar-refractivity contribution in [1.29, 1.82) is 0 Å². The molecule has 0 aliphatic rings. The molecular weight excluding hydrogens is 409 g/mol. The number of amides is 2. The van der Waals surface area contributed by atoms with E-state index in [1.54, 1.807) is 13.8 Å². The number of likely N-dealkylation sites (N-methyl/N-ethyl adjacent to an activating group) is 1. The maximum absolute atomic E-state index is 13.6. The Bertz CT molecular complexity index is 983. The maximum Gasteiger partial charge on any atom is 0.244 e. The summed E-state index contributed by atoms with van der Waals surface area (Å²) in [4.78, 5) is 26.9. The average molecular weight is 436 g/mol. The third-order valence-electron chi connectivity index (χ3n) is 4.49. The van der Waals surface area contributed by atoms with Gasteiger partial charge in [0, 0.05) is 13.1 Å². The molecule has 2 aromatic rings. The van der Waals surface area contributed by atoms with E-state index < -0.39 is 34.3 Å². The second kappa shape index (κ2) is 10.2. The van der Waals surface area contributed by atoms with Crippen LogP contribution < -0.4 is 9.62 Å². The summed E-state index contributed by atoms with van der Waals surface area (Å²) < 4.78 is 39.1. The van der Waals surface area contributed by atoms with Crippen LogP contribution in [-0.2, 0) is 26.2 Å². The van der Waals surface area contributed by atoms with E-state index in [2.05, 4.69) is 5.32 Å². The number of hydrogen-bond acceptors (Lipinski definition) is 4. The quantitative estimate of drug-likeness (QED) is 0.654. The first-order valence-corrected chi connectivity index (χ1v) is 11.3. The van der Waals surface area contributed by atoms with Crippen LogP contribution in [0.4, 0.5) is 10.1 Å². The Hall–Kier alpha value is -2.94. The van der Waals surface area contributed by atoms with Crippen LogP contribution in [0.2, 0.25) is 0 Å². The second-order valence-corrected chi connectivity index (χ2v) is 8.73. The molecule has 0 fully saturated rings. The Labute approximate surface area is 176 Å². The van der Waals surface area contributed by atoms with E-state index in [9.17, 15) is 22.4 Å². The molecule has 0 spiro atoms. The normalized spacial score (nSPS) is 12.1. The molecule has 7 nitrogen and oxygen atoms in total. The van der Waals surface area contributed by atoms with Crippen molar-refractivity contribution in [2.75, 3.05) is 23.7 Å². The molecule has 162 valence electrons. The van der Waals surface area contributed by atoms with Gasteiger partial charge >= 0.3 is 0 Å². The van der Waals surface area contributed by atoms with E-state index in [0.29, 0.717) is 6.54 Å². The van der Waals surface area contributed by atoms with Gasteiger partial charge in [0.15, 0.2) is 0 Å². The Morgan fingerprint density at radius 3 is 2.33 bits per heavy atom. The van der Waals surface area contributed by atoms with Crippen LogP contribution in [0, 0.1) is 5.82 Å². The molecule has 9 heteroatoms. The molecule has 2 aromatic carbocycles. The fourth-order valence-electron chi connectivity index (χ4n) is 2.93. The summed E-state index contributed by atoms with van der Waals surface area (Å²) in [6.07, 6.45) is 0.944. The zero-order valence-electron chi connectivity index (χ0n) is 17.2. The zero-order valence-corrected chi connectivity index (χ0v) is 18.0. The fraction of sp³-hybridized carbons (Fsp3) is 0.333. The minimum Gasteiger partial charge on any atom is -0.355 e. The van der Waals surface area contributed by atoms with Crippen molar-refractivity contribution >= 4 is 27.5 Å². The molecule has 0 bridgehead atoms. The van der Waals surface area contributed by atoms with Gasteiger partial charge in [0.25, 0.3) is 0 Å². The topological polar surface area (TPSA) is 86.8 Å². The lowest BCUT2D eigenvalue weighted by atomic mass is 10.1. The summed E-state index contributed by atoms with van der Waals surface area (Å²) in [6.45, 7) is 3.31. The lowest BCUT2D eigenvalue weighted by molar-refractivity contribution is -0.139. The van der Waals surface area contributed by atoms with Crippen LogP contribution in [0.15, 0.2) is 54.6 Å². The first-order valence-electron chi connectivity index (χ1n) is 9.48. The first-order chi connectivity index (χ1) is 14.1. The third-order valence-corrected chi connectivity index (χ3v) is 5.63. The van der Waals surface area contributed by atoms with E-state index in [-0.39, 0.29) is 18.1 Å². The summed E-state index contributed by atoms with van der Waals surface area (Å²) in [6, 6.07) is 13.3. The summed E-state index contributed by atoms with van der Waals surface area (Å²) in [5.74, 6) is -1.55. The number of anilines is 1. The van der Waals surface area contributed by atoms with Crippen molar-refractivity contribution in [2.24, 2.45) is 0 Å². The number of halogens is 1. The third kappa shape index (κ3) is 6.28. The zero-order chi connectivity index (χ0) is 22.3. The molecule has 1 atom stereocenters. The summed E-state index contributed by atoms with van der Waals surface area (Å²) in [7, 11) is -3.87. The number of carbonyl (C=O) groups is 2. The van der Waals surface area contributed by atoms with Gasteiger partial charge in [-0.15, -0.1) is 0 Å². The number of nitrogens with one attached hydrogen (secondary N) is 1. The Morgan fingerprint density at radius 1 is 1.10 bits per heavy atom. The molecule has 1 N–H and O–H groups in total. The SMILES string of the molecule is CCNC(=O)[C@H](C)N(Cc1ccccc1)C(=O)CN(c1cccc(F)c1)S(C)(=O)=O. The monoisotopic (exact) mass is 435 g/mol. The highest BCUT2D eigenvalue weighted by atomic mass is 32.2.